The van der Waals surface area contributed by atoms with Crippen molar-refractivity contribution >= 4 is 11.8 Å². The molecule has 0 amide bonds. The Balaban J connectivity index is 1.68. The quantitative estimate of drug-likeness (QED) is 0.856. The van der Waals surface area contributed by atoms with Gasteiger partial charge < -0.3 is 0 Å². The Morgan fingerprint density at radius 1 is 1.14 bits per heavy atom. The van der Waals surface area contributed by atoms with Crippen molar-refractivity contribution in [1.82, 2.24) is 9.88 Å². The summed E-state index contributed by atoms with van der Waals surface area (Å²) in [6.45, 7) is 4.47. The number of pyridine rings is 1. The highest BCUT2D eigenvalue weighted by molar-refractivity contribution is 7.99. The molecule has 0 spiro atoms. The Morgan fingerprint density at radius 2 is 1.90 bits per heavy atom. The lowest BCUT2D eigenvalue weighted by Crippen LogP contribution is -2.37. The van der Waals surface area contributed by atoms with E-state index in [-0.39, 0.29) is 0 Å². The van der Waals surface area contributed by atoms with Gasteiger partial charge in [-0.05, 0) is 36.6 Å². The molecule has 0 radical (unpaired) electrons. The molecule has 2 nitrogen and oxygen atoms in total. The van der Waals surface area contributed by atoms with Gasteiger partial charge in [0.1, 0.15) is 0 Å². The molecule has 0 unspecified atom stereocenters. The van der Waals surface area contributed by atoms with E-state index < -0.39 is 0 Å². The predicted octanol–water partition coefficient (Wildman–Crippen LogP) is 3.72. The van der Waals surface area contributed by atoms with E-state index in [1.165, 1.54) is 34.7 Å². The fourth-order valence-corrected chi connectivity index (χ4v) is 3.98. The summed E-state index contributed by atoms with van der Waals surface area (Å²) in [5, 5.41) is 0. The monoisotopic (exact) mass is 298 g/mol. The number of aromatic nitrogens is 1. The van der Waals surface area contributed by atoms with Gasteiger partial charge in [0, 0.05) is 43.0 Å². The molecule has 1 aromatic carbocycles. The highest BCUT2D eigenvalue weighted by atomic mass is 32.2. The number of aryl methyl sites for hydroxylation is 1. The molecule has 2 heterocycles. The van der Waals surface area contributed by atoms with Crippen molar-refractivity contribution in [3.63, 3.8) is 0 Å². The first-order chi connectivity index (χ1) is 10.3. The number of hydrogen-bond acceptors (Lipinski definition) is 3. The molecule has 0 aliphatic carbocycles. The minimum atomic E-state index is 0.561. The van der Waals surface area contributed by atoms with Gasteiger partial charge in [-0.2, -0.15) is 11.8 Å². The third-order valence-corrected chi connectivity index (χ3v) is 5.16. The van der Waals surface area contributed by atoms with Gasteiger partial charge >= 0.3 is 0 Å². The molecule has 0 N–H and O–H groups in total. The molecule has 110 valence electrons. The molecule has 2 aromatic rings. The number of benzene rings is 1. The van der Waals surface area contributed by atoms with Crippen LogP contribution in [-0.4, -0.2) is 34.5 Å². The van der Waals surface area contributed by atoms with E-state index in [1.54, 1.807) is 0 Å². The van der Waals surface area contributed by atoms with Gasteiger partial charge in [-0.3, -0.25) is 9.88 Å². The van der Waals surface area contributed by atoms with Crippen LogP contribution in [0, 0.1) is 6.92 Å². The molecular weight excluding hydrogens is 276 g/mol. The zero-order valence-corrected chi connectivity index (χ0v) is 13.4. The van der Waals surface area contributed by atoms with Crippen LogP contribution < -0.4 is 0 Å². The Morgan fingerprint density at radius 3 is 2.67 bits per heavy atom. The summed E-state index contributed by atoms with van der Waals surface area (Å²) in [5.74, 6) is 2.46. The Kier molecular flexibility index (Phi) is 4.94. The van der Waals surface area contributed by atoms with E-state index >= 15 is 0 Å². The zero-order valence-electron chi connectivity index (χ0n) is 12.5. The van der Waals surface area contributed by atoms with E-state index in [9.17, 15) is 0 Å². The van der Waals surface area contributed by atoms with Crippen molar-refractivity contribution in [2.45, 2.75) is 19.4 Å². The van der Waals surface area contributed by atoms with Crippen LogP contribution in [0.2, 0.25) is 0 Å². The summed E-state index contributed by atoms with van der Waals surface area (Å²) in [5.41, 5.74) is 4.18. The van der Waals surface area contributed by atoms with Crippen molar-refractivity contribution in [3.05, 3.63) is 65.5 Å². The van der Waals surface area contributed by atoms with Gasteiger partial charge in [-0.1, -0.05) is 29.8 Å². The number of hydrogen-bond donors (Lipinski definition) is 0. The average molecular weight is 298 g/mol. The molecule has 0 saturated carbocycles. The summed E-state index contributed by atoms with van der Waals surface area (Å²) in [6, 6.07) is 13.9. The molecule has 1 aliphatic heterocycles. The van der Waals surface area contributed by atoms with Crippen LogP contribution in [-0.2, 0) is 6.42 Å². The lowest BCUT2D eigenvalue weighted by Gasteiger charge is -2.35. The van der Waals surface area contributed by atoms with E-state index in [0.717, 1.165) is 13.0 Å². The second-order valence-corrected chi connectivity index (χ2v) is 6.79. The minimum absolute atomic E-state index is 0.561. The number of rotatable bonds is 4. The van der Waals surface area contributed by atoms with Crippen LogP contribution in [0.5, 0.6) is 0 Å². The first-order valence-corrected chi connectivity index (χ1v) is 8.75. The summed E-state index contributed by atoms with van der Waals surface area (Å²) < 4.78 is 0. The summed E-state index contributed by atoms with van der Waals surface area (Å²) in [4.78, 5) is 6.73. The molecular formula is C18H22N2S. The molecule has 1 saturated heterocycles. The van der Waals surface area contributed by atoms with Crippen molar-refractivity contribution in [2.24, 2.45) is 0 Å². The first kappa shape index (κ1) is 14.6. The molecule has 1 atom stereocenters. The van der Waals surface area contributed by atoms with Gasteiger partial charge in [0.05, 0.1) is 0 Å². The molecule has 1 aromatic heterocycles. The highest BCUT2D eigenvalue weighted by Crippen LogP contribution is 2.29. The third kappa shape index (κ3) is 3.86. The van der Waals surface area contributed by atoms with E-state index in [0.29, 0.717) is 6.04 Å². The van der Waals surface area contributed by atoms with E-state index in [4.69, 9.17) is 0 Å². The lowest BCUT2D eigenvalue weighted by molar-refractivity contribution is 0.224. The standard InChI is InChI=1S/C18H22N2S/c1-15-2-4-17(5-3-15)18-14-21-13-12-20(18)11-8-16-6-9-19-10-7-16/h2-7,9-10,18H,8,11-14H2,1H3/t18-/m1/s1. The second kappa shape index (κ2) is 7.10. The van der Waals surface area contributed by atoms with Gasteiger partial charge in [0.25, 0.3) is 0 Å². The molecule has 1 aliphatic rings. The zero-order chi connectivity index (χ0) is 14.5. The van der Waals surface area contributed by atoms with Crippen LogP contribution in [0.15, 0.2) is 48.8 Å². The van der Waals surface area contributed by atoms with Gasteiger partial charge in [0.2, 0.25) is 0 Å². The minimum Gasteiger partial charge on any atom is -0.294 e. The fourth-order valence-electron chi connectivity index (χ4n) is 2.82. The smallest absolute Gasteiger partial charge is 0.0439 e. The average Bonchev–Trinajstić information content (AvgIpc) is 2.55. The lowest BCUT2D eigenvalue weighted by atomic mass is 10.0. The normalized spacial score (nSPS) is 19.6. The van der Waals surface area contributed by atoms with Crippen molar-refractivity contribution in [1.29, 1.82) is 0 Å². The molecule has 3 heteroatoms. The molecule has 21 heavy (non-hydrogen) atoms. The molecule has 0 bridgehead atoms. The summed E-state index contributed by atoms with van der Waals surface area (Å²) in [6.07, 6.45) is 4.88. The molecule has 1 fully saturated rings. The number of nitrogens with zero attached hydrogens (tertiary/aromatic N) is 2. The van der Waals surface area contributed by atoms with Crippen LogP contribution in [0.3, 0.4) is 0 Å². The van der Waals surface area contributed by atoms with Gasteiger partial charge in [0.15, 0.2) is 0 Å². The Hall–Kier alpha value is -1.32. The first-order valence-electron chi connectivity index (χ1n) is 7.60. The van der Waals surface area contributed by atoms with E-state index in [1.807, 2.05) is 12.4 Å². The van der Waals surface area contributed by atoms with Gasteiger partial charge in [-0.15, -0.1) is 0 Å². The van der Waals surface area contributed by atoms with E-state index in [2.05, 4.69) is 65.0 Å². The van der Waals surface area contributed by atoms with Crippen molar-refractivity contribution in [2.75, 3.05) is 24.6 Å². The SMILES string of the molecule is Cc1ccc([C@H]2CSCCN2CCc2ccncc2)cc1. The Bertz CT molecular complexity index is 553. The topological polar surface area (TPSA) is 16.1 Å². The van der Waals surface area contributed by atoms with Crippen molar-refractivity contribution in [3.8, 4) is 0 Å². The third-order valence-electron chi connectivity index (χ3n) is 4.14. The Labute approximate surface area is 131 Å². The largest absolute Gasteiger partial charge is 0.294 e. The van der Waals surface area contributed by atoms with Crippen LogP contribution >= 0.6 is 11.8 Å². The van der Waals surface area contributed by atoms with Crippen LogP contribution in [0.25, 0.3) is 0 Å². The van der Waals surface area contributed by atoms with Crippen LogP contribution in [0.1, 0.15) is 22.7 Å². The van der Waals surface area contributed by atoms with Crippen molar-refractivity contribution < 1.29 is 0 Å². The number of thioether (sulfide) groups is 1. The predicted molar refractivity (Wildman–Crippen MR) is 90.8 cm³/mol. The maximum absolute atomic E-state index is 4.09. The fraction of sp³-hybridized carbons (Fsp3) is 0.389. The molecule has 3 rings (SSSR count). The maximum atomic E-state index is 4.09. The second-order valence-electron chi connectivity index (χ2n) is 5.64. The van der Waals surface area contributed by atoms with Gasteiger partial charge in [-0.25, -0.2) is 0 Å². The highest BCUT2D eigenvalue weighted by Gasteiger charge is 2.23. The summed E-state index contributed by atoms with van der Waals surface area (Å²) >= 11 is 2.08. The summed E-state index contributed by atoms with van der Waals surface area (Å²) in [7, 11) is 0. The van der Waals surface area contributed by atoms with Crippen LogP contribution in [0.4, 0.5) is 0 Å². The maximum Gasteiger partial charge on any atom is 0.0439 e.